The molecular formula is C11H11FN4O2. The van der Waals surface area contributed by atoms with Gasteiger partial charge in [0.05, 0.1) is 23.2 Å². The summed E-state index contributed by atoms with van der Waals surface area (Å²) in [6.45, 7) is 1.85. The molecule has 7 heteroatoms. The molecule has 0 fully saturated rings. The second-order valence-corrected chi connectivity index (χ2v) is 3.85. The summed E-state index contributed by atoms with van der Waals surface area (Å²) < 4.78 is 13.2. The van der Waals surface area contributed by atoms with E-state index in [1.54, 1.807) is 12.4 Å². The normalized spacial score (nSPS) is 12.1. The summed E-state index contributed by atoms with van der Waals surface area (Å²) in [4.78, 5) is 9.99. The number of nitrogens with zero attached hydrogens (tertiary/aromatic N) is 2. The van der Waals surface area contributed by atoms with E-state index >= 15 is 0 Å². The Hall–Kier alpha value is -2.44. The number of hydrogen-bond acceptors (Lipinski definition) is 4. The maximum absolute atomic E-state index is 13.2. The van der Waals surface area contributed by atoms with Crippen LogP contribution in [0.5, 0.6) is 0 Å². The average Bonchev–Trinajstić information content (AvgIpc) is 2.81. The molecule has 0 spiro atoms. The van der Waals surface area contributed by atoms with E-state index in [2.05, 4.69) is 15.5 Å². The second-order valence-electron chi connectivity index (χ2n) is 3.85. The molecule has 2 N–H and O–H groups in total. The Morgan fingerprint density at radius 2 is 2.28 bits per heavy atom. The van der Waals surface area contributed by atoms with Gasteiger partial charge in [-0.2, -0.15) is 5.10 Å². The van der Waals surface area contributed by atoms with E-state index in [0.717, 1.165) is 11.6 Å². The lowest BCUT2D eigenvalue weighted by molar-refractivity contribution is -0.385. The van der Waals surface area contributed by atoms with E-state index in [1.165, 1.54) is 12.1 Å². The molecule has 0 amide bonds. The van der Waals surface area contributed by atoms with E-state index in [-0.39, 0.29) is 11.7 Å². The van der Waals surface area contributed by atoms with Gasteiger partial charge < -0.3 is 5.32 Å². The highest BCUT2D eigenvalue weighted by atomic mass is 19.1. The van der Waals surface area contributed by atoms with Gasteiger partial charge in [-0.3, -0.25) is 15.2 Å². The first kappa shape index (κ1) is 12.0. The molecule has 18 heavy (non-hydrogen) atoms. The molecule has 0 aliphatic heterocycles. The molecule has 0 aliphatic carbocycles. The molecule has 0 saturated carbocycles. The lowest BCUT2D eigenvalue weighted by Gasteiger charge is -2.13. The number of nitro groups is 1. The number of hydrogen-bond donors (Lipinski definition) is 2. The third-order valence-electron chi connectivity index (χ3n) is 2.50. The molecule has 94 valence electrons. The second kappa shape index (κ2) is 4.82. The molecule has 6 nitrogen and oxygen atoms in total. The summed E-state index contributed by atoms with van der Waals surface area (Å²) in [5.74, 6) is -0.647. The Bertz CT molecular complexity index is 556. The summed E-state index contributed by atoms with van der Waals surface area (Å²) in [5, 5.41) is 20.1. The van der Waals surface area contributed by atoms with E-state index in [4.69, 9.17) is 0 Å². The van der Waals surface area contributed by atoms with Gasteiger partial charge in [0.1, 0.15) is 5.82 Å². The number of halogens is 1. The Labute approximate surface area is 102 Å². The van der Waals surface area contributed by atoms with Crippen molar-refractivity contribution in [2.24, 2.45) is 0 Å². The van der Waals surface area contributed by atoms with Crippen molar-refractivity contribution in [2.75, 3.05) is 5.32 Å². The number of benzene rings is 1. The molecule has 1 heterocycles. The molecule has 0 bridgehead atoms. The molecule has 1 unspecified atom stereocenters. The van der Waals surface area contributed by atoms with Gasteiger partial charge in [0.25, 0.3) is 5.69 Å². The number of H-pyrrole nitrogens is 1. The molecule has 1 aromatic heterocycles. The summed E-state index contributed by atoms with van der Waals surface area (Å²) in [6, 6.07) is 3.25. The van der Waals surface area contributed by atoms with Crippen molar-refractivity contribution >= 4 is 11.4 Å². The van der Waals surface area contributed by atoms with Crippen LogP contribution in [-0.2, 0) is 0 Å². The zero-order chi connectivity index (χ0) is 13.1. The van der Waals surface area contributed by atoms with E-state index < -0.39 is 10.7 Å². The van der Waals surface area contributed by atoms with Crippen LogP contribution in [-0.4, -0.2) is 15.1 Å². The van der Waals surface area contributed by atoms with Gasteiger partial charge in [0.2, 0.25) is 0 Å². The van der Waals surface area contributed by atoms with Crippen LogP contribution in [0.4, 0.5) is 15.8 Å². The van der Waals surface area contributed by atoms with Crippen molar-refractivity contribution < 1.29 is 9.31 Å². The predicted molar refractivity (Wildman–Crippen MR) is 63.7 cm³/mol. The average molecular weight is 250 g/mol. The minimum absolute atomic E-state index is 0.134. The highest BCUT2D eigenvalue weighted by Crippen LogP contribution is 2.23. The highest BCUT2D eigenvalue weighted by Gasteiger charge is 2.12. The molecule has 0 saturated heterocycles. The van der Waals surface area contributed by atoms with Gasteiger partial charge in [-0.05, 0) is 13.0 Å². The van der Waals surface area contributed by atoms with Gasteiger partial charge >= 0.3 is 0 Å². The predicted octanol–water partition coefficient (Wildman–Crippen LogP) is 2.63. The van der Waals surface area contributed by atoms with Crippen LogP contribution in [0.25, 0.3) is 0 Å². The summed E-state index contributed by atoms with van der Waals surface area (Å²) in [7, 11) is 0. The Morgan fingerprint density at radius 3 is 2.89 bits per heavy atom. The SMILES string of the molecule is CC(Nc1cc(F)cc([N+](=O)[O-])c1)c1cn[nH]c1. The van der Waals surface area contributed by atoms with Crippen molar-refractivity contribution in [1.82, 2.24) is 10.2 Å². The molecule has 1 atom stereocenters. The smallest absolute Gasteiger partial charge is 0.274 e. The first-order valence-electron chi connectivity index (χ1n) is 5.26. The topological polar surface area (TPSA) is 83.8 Å². The third kappa shape index (κ3) is 2.62. The molecular weight excluding hydrogens is 239 g/mol. The zero-order valence-electron chi connectivity index (χ0n) is 9.55. The number of rotatable bonds is 4. The monoisotopic (exact) mass is 250 g/mol. The lowest BCUT2D eigenvalue weighted by Crippen LogP contribution is -2.06. The number of anilines is 1. The quantitative estimate of drug-likeness (QED) is 0.645. The van der Waals surface area contributed by atoms with E-state index in [1.807, 2.05) is 6.92 Å². The number of nitro benzene ring substituents is 1. The number of non-ortho nitro benzene ring substituents is 1. The maximum Gasteiger partial charge on any atom is 0.274 e. The fraction of sp³-hybridized carbons (Fsp3) is 0.182. The summed E-state index contributed by atoms with van der Waals surface area (Å²) in [5.41, 5.74) is 0.953. The fourth-order valence-corrected chi connectivity index (χ4v) is 1.59. The van der Waals surface area contributed by atoms with Gasteiger partial charge in [-0.25, -0.2) is 4.39 Å². The minimum Gasteiger partial charge on any atom is -0.378 e. The van der Waals surface area contributed by atoms with Crippen LogP contribution >= 0.6 is 0 Å². The van der Waals surface area contributed by atoms with Gasteiger partial charge in [0, 0.05) is 23.5 Å². The van der Waals surface area contributed by atoms with Crippen LogP contribution in [0, 0.1) is 15.9 Å². The number of nitrogens with one attached hydrogen (secondary N) is 2. The number of aromatic amines is 1. The maximum atomic E-state index is 13.2. The van der Waals surface area contributed by atoms with Crippen molar-refractivity contribution in [2.45, 2.75) is 13.0 Å². The first-order chi connectivity index (χ1) is 8.56. The van der Waals surface area contributed by atoms with Crippen LogP contribution in [0.1, 0.15) is 18.5 Å². The van der Waals surface area contributed by atoms with Crippen molar-refractivity contribution in [1.29, 1.82) is 0 Å². The van der Waals surface area contributed by atoms with Gasteiger partial charge in [-0.15, -0.1) is 0 Å². The minimum atomic E-state index is -0.647. The van der Waals surface area contributed by atoms with Gasteiger partial charge in [-0.1, -0.05) is 0 Å². The van der Waals surface area contributed by atoms with Crippen molar-refractivity contribution in [3.05, 3.63) is 52.1 Å². The Kier molecular flexibility index (Phi) is 3.22. The van der Waals surface area contributed by atoms with E-state index in [9.17, 15) is 14.5 Å². The third-order valence-corrected chi connectivity index (χ3v) is 2.50. The zero-order valence-corrected chi connectivity index (χ0v) is 9.55. The van der Waals surface area contributed by atoms with Crippen molar-refractivity contribution in [3.8, 4) is 0 Å². The highest BCUT2D eigenvalue weighted by molar-refractivity contribution is 5.52. The van der Waals surface area contributed by atoms with Crippen LogP contribution in [0.2, 0.25) is 0 Å². The standard InChI is InChI=1S/C11H11FN4O2/c1-7(8-5-13-14-6-8)15-10-2-9(12)3-11(4-10)16(17)18/h2-7,15H,1H3,(H,13,14). The molecule has 1 aromatic carbocycles. The fourth-order valence-electron chi connectivity index (χ4n) is 1.59. The largest absolute Gasteiger partial charge is 0.378 e. The first-order valence-corrected chi connectivity index (χ1v) is 5.26. The van der Waals surface area contributed by atoms with E-state index in [0.29, 0.717) is 5.69 Å². The molecule has 0 radical (unpaired) electrons. The molecule has 2 rings (SSSR count). The Morgan fingerprint density at radius 1 is 1.50 bits per heavy atom. The number of aromatic nitrogens is 2. The summed E-state index contributed by atoms with van der Waals surface area (Å²) in [6.07, 6.45) is 3.33. The molecule has 0 aliphatic rings. The van der Waals surface area contributed by atoms with Crippen molar-refractivity contribution in [3.63, 3.8) is 0 Å². The van der Waals surface area contributed by atoms with Crippen LogP contribution in [0.15, 0.2) is 30.6 Å². The lowest BCUT2D eigenvalue weighted by atomic mass is 10.1. The Balaban J connectivity index is 2.21. The van der Waals surface area contributed by atoms with Gasteiger partial charge in [0.15, 0.2) is 0 Å². The molecule has 2 aromatic rings. The summed E-state index contributed by atoms with van der Waals surface area (Å²) >= 11 is 0. The van der Waals surface area contributed by atoms with Crippen LogP contribution < -0.4 is 5.32 Å². The van der Waals surface area contributed by atoms with Crippen LogP contribution in [0.3, 0.4) is 0 Å².